The number of pyridine rings is 1. The number of rotatable bonds is 3. The minimum Gasteiger partial charge on any atom is -0.436 e. The molecule has 3 nitrogen and oxygen atoms in total. The van der Waals surface area contributed by atoms with Gasteiger partial charge >= 0.3 is 0 Å². The SMILES string of the molecule is Cc1cc(C(N)=S)cc(Oc2ccc(Br)cc2F)n1. The highest BCUT2D eigenvalue weighted by atomic mass is 79.9. The summed E-state index contributed by atoms with van der Waals surface area (Å²) in [7, 11) is 0. The second-order valence-corrected chi connectivity index (χ2v) is 5.23. The molecule has 19 heavy (non-hydrogen) atoms. The van der Waals surface area contributed by atoms with Crippen LogP contribution in [0.1, 0.15) is 11.3 Å². The Morgan fingerprint density at radius 3 is 2.74 bits per heavy atom. The summed E-state index contributed by atoms with van der Waals surface area (Å²) in [6, 6.07) is 7.84. The molecule has 1 heterocycles. The molecular formula is C13H10BrFN2OS. The molecule has 0 amide bonds. The molecule has 0 unspecified atom stereocenters. The predicted molar refractivity (Wildman–Crippen MR) is 79.0 cm³/mol. The van der Waals surface area contributed by atoms with E-state index in [1.54, 1.807) is 25.1 Å². The molecule has 6 heteroatoms. The monoisotopic (exact) mass is 340 g/mol. The summed E-state index contributed by atoms with van der Waals surface area (Å²) in [6.45, 7) is 1.78. The maximum Gasteiger partial charge on any atom is 0.220 e. The fourth-order valence-electron chi connectivity index (χ4n) is 1.50. The summed E-state index contributed by atoms with van der Waals surface area (Å²) in [6.07, 6.45) is 0. The molecule has 1 aromatic heterocycles. The van der Waals surface area contributed by atoms with Crippen LogP contribution < -0.4 is 10.5 Å². The Hall–Kier alpha value is -1.53. The quantitative estimate of drug-likeness (QED) is 0.865. The van der Waals surface area contributed by atoms with Crippen LogP contribution in [-0.2, 0) is 0 Å². The van der Waals surface area contributed by atoms with Gasteiger partial charge in [-0.3, -0.25) is 0 Å². The summed E-state index contributed by atoms with van der Waals surface area (Å²) < 4.78 is 19.7. The highest BCUT2D eigenvalue weighted by molar-refractivity contribution is 9.10. The van der Waals surface area contributed by atoms with E-state index in [2.05, 4.69) is 20.9 Å². The molecule has 0 spiro atoms. The Morgan fingerprint density at radius 2 is 2.11 bits per heavy atom. The second-order valence-electron chi connectivity index (χ2n) is 3.88. The standard InChI is InChI=1S/C13H10BrFN2OS/c1-7-4-8(13(16)19)5-12(17-7)18-11-3-2-9(14)6-10(11)15/h2-6H,1H3,(H2,16,19). The van der Waals surface area contributed by atoms with Crippen molar-refractivity contribution in [3.8, 4) is 11.6 Å². The van der Waals surface area contributed by atoms with E-state index in [0.717, 1.165) is 0 Å². The van der Waals surface area contributed by atoms with Gasteiger partial charge in [0, 0.05) is 21.8 Å². The lowest BCUT2D eigenvalue weighted by Gasteiger charge is -2.08. The highest BCUT2D eigenvalue weighted by Crippen LogP contribution is 2.26. The fraction of sp³-hybridized carbons (Fsp3) is 0.0769. The van der Waals surface area contributed by atoms with E-state index < -0.39 is 5.82 Å². The zero-order chi connectivity index (χ0) is 14.0. The molecule has 98 valence electrons. The van der Waals surface area contributed by atoms with Gasteiger partial charge in [0.2, 0.25) is 5.88 Å². The lowest BCUT2D eigenvalue weighted by atomic mass is 10.2. The summed E-state index contributed by atoms with van der Waals surface area (Å²) in [5.41, 5.74) is 6.89. The molecule has 1 aromatic carbocycles. The van der Waals surface area contributed by atoms with Gasteiger partial charge in [-0.05, 0) is 31.2 Å². The van der Waals surface area contributed by atoms with Crippen LogP contribution in [0.25, 0.3) is 0 Å². The number of nitrogens with zero attached hydrogens (tertiary/aromatic N) is 1. The van der Waals surface area contributed by atoms with E-state index in [9.17, 15) is 4.39 Å². The first kappa shape index (κ1) is 13.9. The first-order valence-electron chi connectivity index (χ1n) is 5.37. The molecule has 0 radical (unpaired) electrons. The molecular weight excluding hydrogens is 331 g/mol. The topological polar surface area (TPSA) is 48.1 Å². The van der Waals surface area contributed by atoms with Gasteiger partial charge in [0.1, 0.15) is 4.99 Å². The van der Waals surface area contributed by atoms with E-state index in [0.29, 0.717) is 15.7 Å². The van der Waals surface area contributed by atoms with Crippen LogP contribution in [-0.4, -0.2) is 9.97 Å². The lowest BCUT2D eigenvalue weighted by Crippen LogP contribution is -2.10. The number of aromatic nitrogens is 1. The van der Waals surface area contributed by atoms with Crippen molar-refractivity contribution >= 4 is 33.1 Å². The summed E-state index contributed by atoms with van der Waals surface area (Å²) in [5.74, 6) is -0.131. The van der Waals surface area contributed by atoms with Gasteiger partial charge in [0.15, 0.2) is 11.6 Å². The van der Waals surface area contributed by atoms with E-state index in [-0.39, 0.29) is 16.6 Å². The van der Waals surface area contributed by atoms with Crippen LogP contribution in [0.4, 0.5) is 4.39 Å². The van der Waals surface area contributed by atoms with E-state index >= 15 is 0 Å². The number of halogens is 2. The molecule has 0 saturated heterocycles. The summed E-state index contributed by atoms with van der Waals surface area (Å²) in [4.78, 5) is 4.40. The number of aryl methyl sites for hydroxylation is 1. The number of hydrogen-bond acceptors (Lipinski definition) is 3. The second kappa shape index (κ2) is 5.63. The van der Waals surface area contributed by atoms with Crippen LogP contribution in [0, 0.1) is 12.7 Å². The third kappa shape index (κ3) is 3.48. The summed E-state index contributed by atoms with van der Waals surface area (Å²) in [5, 5.41) is 0. The van der Waals surface area contributed by atoms with Crippen LogP contribution in [0.15, 0.2) is 34.8 Å². The van der Waals surface area contributed by atoms with E-state index in [4.69, 9.17) is 22.7 Å². The van der Waals surface area contributed by atoms with Crippen molar-refractivity contribution in [1.82, 2.24) is 4.98 Å². The normalized spacial score (nSPS) is 10.3. The van der Waals surface area contributed by atoms with Gasteiger partial charge in [-0.1, -0.05) is 28.1 Å². The Labute approximate surface area is 123 Å². The highest BCUT2D eigenvalue weighted by Gasteiger charge is 2.08. The molecule has 0 aliphatic heterocycles. The minimum absolute atomic E-state index is 0.0928. The molecule has 0 aliphatic carbocycles. The van der Waals surface area contributed by atoms with Crippen molar-refractivity contribution in [1.29, 1.82) is 0 Å². The van der Waals surface area contributed by atoms with Gasteiger partial charge < -0.3 is 10.5 Å². The molecule has 0 fully saturated rings. The molecule has 2 aromatic rings. The van der Waals surface area contributed by atoms with E-state index in [1.807, 2.05) is 0 Å². The number of benzene rings is 1. The average Bonchev–Trinajstić information content (AvgIpc) is 2.32. The average molecular weight is 341 g/mol. The van der Waals surface area contributed by atoms with Crippen molar-refractivity contribution in [3.63, 3.8) is 0 Å². The molecule has 0 saturated carbocycles. The van der Waals surface area contributed by atoms with Gasteiger partial charge in [-0.25, -0.2) is 9.37 Å². The largest absolute Gasteiger partial charge is 0.436 e. The Morgan fingerprint density at radius 1 is 1.37 bits per heavy atom. The zero-order valence-corrected chi connectivity index (χ0v) is 12.4. The number of nitrogens with two attached hydrogens (primary N) is 1. The molecule has 0 bridgehead atoms. The van der Waals surface area contributed by atoms with Gasteiger partial charge in [0.25, 0.3) is 0 Å². The summed E-state index contributed by atoms with van der Waals surface area (Å²) >= 11 is 8.08. The van der Waals surface area contributed by atoms with Crippen molar-refractivity contribution in [3.05, 3.63) is 51.9 Å². The molecule has 2 N–H and O–H groups in total. The third-order valence-corrected chi connectivity index (χ3v) is 3.05. The lowest BCUT2D eigenvalue weighted by molar-refractivity contribution is 0.426. The Bertz CT molecular complexity index is 649. The number of hydrogen-bond donors (Lipinski definition) is 1. The van der Waals surface area contributed by atoms with Crippen molar-refractivity contribution in [2.75, 3.05) is 0 Å². The molecule has 0 aliphatic rings. The minimum atomic E-state index is -0.477. The maximum absolute atomic E-state index is 13.7. The maximum atomic E-state index is 13.7. The number of ether oxygens (including phenoxy) is 1. The smallest absolute Gasteiger partial charge is 0.220 e. The first-order chi connectivity index (χ1) is 8.95. The first-order valence-corrected chi connectivity index (χ1v) is 6.57. The van der Waals surface area contributed by atoms with Crippen LogP contribution in [0.3, 0.4) is 0 Å². The van der Waals surface area contributed by atoms with E-state index in [1.165, 1.54) is 12.1 Å². The predicted octanol–water partition coefficient (Wildman–Crippen LogP) is 3.72. The van der Waals surface area contributed by atoms with Crippen LogP contribution in [0.2, 0.25) is 0 Å². The fourth-order valence-corrected chi connectivity index (χ4v) is 1.95. The zero-order valence-electron chi connectivity index (χ0n) is 9.98. The molecule has 0 atom stereocenters. The van der Waals surface area contributed by atoms with Crippen molar-refractivity contribution in [2.45, 2.75) is 6.92 Å². The Balaban J connectivity index is 2.35. The van der Waals surface area contributed by atoms with Gasteiger partial charge in [0.05, 0.1) is 0 Å². The Kier molecular flexibility index (Phi) is 4.11. The molecule has 2 rings (SSSR count). The van der Waals surface area contributed by atoms with Crippen molar-refractivity contribution < 1.29 is 9.13 Å². The van der Waals surface area contributed by atoms with Crippen LogP contribution in [0.5, 0.6) is 11.6 Å². The van der Waals surface area contributed by atoms with Crippen LogP contribution >= 0.6 is 28.1 Å². The van der Waals surface area contributed by atoms with Gasteiger partial charge in [-0.2, -0.15) is 0 Å². The third-order valence-electron chi connectivity index (χ3n) is 2.32. The van der Waals surface area contributed by atoms with Crippen molar-refractivity contribution in [2.24, 2.45) is 5.73 Å². The van der Waals surface area contributed by atoms with Gasteiger partial charge in [-0.15, -0.1) is 0 Å². The number of thiocarbonyl (C=S) groups is 1.